The maximum Gasteiger partial charge on any atom is 0.124 e. The minimum absolute atomic E-state index is 0. The molecule has 0 aliphatic heterocycles. The Bertz CT molecular complexity index is 360. The first-order valence-corrected chi connectivity index (χ1v) is 5.90. The van der Waals surface area contributed by atoms with Crippen molar-refractivity contribution in [3.8, 4) is 11.5 Å². The first-order chi connectivity index (χ1) is 8.10. The van der Waals surface area contributed by atoms with Gasteiger partial charge in [0.05, 0.1) is 19.3 Å². The highest BCUT2D eigenvalue weighted by atomic mass is 35.5. The third-order valence-electron chi connectivity index (χ3n) is 2.86. The molecule has 1 rings (SSSR count). The van der Waals surface area contributed by atoms with E-state index in [2.05, 4.69) is 6.92 Å². The van der Waals surface area contributed by atoms with Crippen LogP contribution in [-0.2, 0) is 0 Å². The lowest BCUT2D eigenvalue weighted by atomic mass is 9.97. The normalized spacial score (nSPS) is 13.6. The lowest BCUT2D eigenvalue weighted by molar-refractivity contribution is 0.131. The van der Waals surface area contributed by atoms with Crippen molar-refractivity contribution in [1.29, 1.82) is 0 Å². The fourth-order valence-corrected chi connectivity index (χ4v) is 1.73. The molecule has 2 atom stereocenters. The third kappa shape index (κ3) is 4.37. The molecule has 104 valence electrons. The second-order valence-electron chi connectivity index (χ2n) is 4.16. The van der Waals surface area contributed by atoms with Crippen LogP contribution in [0.15, 0.2) is 18.2 Å². The molecule has 4 nitrogen and oxygen atoms in total. The Kier molecular flexibility index (Phi) is 7.75. The van der Waals surface area contributed by atoms with Crippen LogP contribution >= 0.6 is 12.4 Å². The lowest BCUT2D eigenvalue weighted by Crippen LogP contribution is -2.26. The van der Waals surface area contributed by atoms with Crippen LogP contribution in [0.2, 0.25) is 0 Å². The average Bonchev–Trinajstić information content (AvgIpc) is 2.34. The molecule has 4 N–H and O–H groups in total. The van der Waals surface area contributed by atoms with Gasteiger partial charge in [-0.2, -0.15) is 0 Å². The van der Waals surface area contributed by atoms with Crippen LogP contribution in [0.25, 0.3) is 0 Å². The molecule has 0 spiro atoms. The Balaban J connectivity index is 0.00000289. The van der Waals surface area contributed by atoms with Crippen molar-refractivity contribution < 1.29 is 14.9 Å². The summed E-state index contributed by atoms with van der Waals surface area (Å²) in [4.78, 5) is 0. The summed E-state index contributed by atoms with van der Waals surface area (Å²) in [5.41, 5.74) is 6.47. The van der Waals surface area contributed by atoms with E-state index in [1.807, 2.05) is 0 Å². The summed E-state index contributed by atoms with van der Waals surface area (Å²) in [6.45, 7) is 2.06. The SMILES string of the molecule is CCCC[C@H](O)[C@H](N)c1ccc(OC)cc1O.Cl. The molecule has 18 heavy (non-hydrogen) atoms. The maximum atomic E-state index is 9.89. The lowest BCUT2D eigenvalue weighted by Gasteiger charge is -2.20. The van der Waals surface area contributed by atoms with E-state index in [-0.39, 0.29) is 18.2 Å². The summed E-state index contributed by atoms with van der Waals surface area (Å²) < 4.78 is 4.99. The molecule has 5 heteroatoms. The Morgan fingerprint density at radius 2 is 2.06 bits per heavy atom. The standard InChI is InChI=1S/C13H21NO3.ClH/c1-3-4-5-11(15)13(14)10-7-6-9(17-2)8-12(10)16;/h6-8,11,13,15-16H,3-5,14H2,1-2H3;1H/t11-,13+;/m0./s1. The molecule has 0 radical (unpaired) electrons. The molecule has 0 saturated heterocycles. The molecule has 0 unspecified atom stereocenters. The van der Waals surface area contributed by atoms with Gasteiger partial charge in [0, 0.05) is 11.6 Å². The van der Waals surface area contributed by atoms with E-state index in [0.29, 0.717) is 17.7 Å². The van der Waals surface area contributed by atoms with Gasteiger partial charge in [0.15, 0.2) is 0 Å². The Morgan fingerprint density at radius 1 is 1.39 bits per heavy atom. The first kappa shape index (κ1) is 17.0. The summed E-state index contributed by atoms with van der Waals surface area (Å²) in [5, 5.41) is 19.7. The predicted molar refractivity (Wildman–Crippen MR) is 74.4 cm³/mol. The fourth-order valence-electron chi connectivity index (χ4n) is 1.73. The maximum absolute atomic E-state index is 9.89. The van der Waals surface area contributed by atoms with E-state index in [9.17, 15) is 10.2 Å². The van der Waals surface area contributed by atoms with E-state index < -0.39 is 12.1 Å². The minimum atomic E-state index is -0.630. The van der Waals surface area contributed by atoms with Crippen molar-refractivity contribution in [2.75, 3.05) is 7.11 Å². The number of hydrogen-bond donors (Lipinski definition) is 3. The van der Waals surface area contributed by atoms with Gasteiger partial charge in [-0.3, -0.25) is 0 Å². The van der Waals surface area contributed by atoms with Crippen molar-refractivity contribution in [3.05, 3.63) is 23.8 Å². The van der Waals surface area contributed by atoms with Crippen LogP contribution in [0.1, 0.15) is 37.8 Å². The molecule has 0 aliphatic rings. The van der Waals surface area contributed by atoms with Gasteiger partial charge in [-0.15, -0.1) is 12.4 Å². The predicted octanol–water partition coefficient (Wildman–Crippen LogP) is 2.37. The quantitative estimate of drug-likeness (QED) is 0.745. The van der Waals surface area contributed by atoms with Gasteiger partial charge < -0.3 is 20.7 Å². The number of hydrogen-bond acceptors (Lipinski definition) is 4. The molecule has 0 saturated carbocycles. The van der Waals surface area contributed by atoms with Crippen LogP contribution < -0.4 is 10.5 Å². The van der Waals surface area contributed by atoms with E-state index >= 15 is 0 Å². The molecule has 1 aromatic rings. The van der Waals surface area contributed by atoms with Gasteiger partial charge in [-0.1, -0.05) is 19.8 Å². The minimum Gasteiger partial charge on any atom is -0.507 e. The molecular formula is C13H22ClNO3. The monoisotopic (exact) mass is 275 g/mol. The second-order valence-corrected chi connectivity index (χ2v) is 4.16. The highest BCUT2D eigenvalue weighted by Gasteiger charge is 2.19. The number of phenolic OH excluding ortho intramolecular Hbond substituents is 1. The van der Waals surface area contributed by atoms with Gasteiger partial charge in [0.1, 0.15) is 11.5 Å². The van der Waals surface area contributed by atoms with Gasteiger partial charge in [-0.25, -0.2) is 0 Å². The van der Waals surface area contributed by atoms with Crippen molar-refractivity contribution in [2.24, 2.45) is 5.73 Å². The second kappa shape index (κ2) is 8.19. The number of aliphatic hydroxyl groups excluding tert-OH is 1. The van der Waals surface area contributed by atoms with E-state index in [4.69, 9.17) is 10.5 Å². The van der Waals surface area contributed by atoms with Crippen molar-refractivity contribution >= 4 is 12.4 Å². The zero-order valence-electron chi connectivity index (χ0n) is 10.8. The van der Waals surface area contributed by atoms with Gasteiger partial charge in [-0.05, 0) is 18.6 Å². The molecule has 0 aliphatic carbocycles. The number of unbranched alkanes of at least 4 members (excludes halogenated alkanes) is 1. The third-order valence-corrected chi connectivity index (χ3v) is 2.86. The molecular weight excluding hydrogens is 254 g/mol. The van der Waals surface area contributed by atoms with Crippen LogP contribution in [0.5, 0.6) is 11.5 Å². The van der Waals surface area contributed by atoms with Crippen molar-refractivity contribution in [2.45, 2.75) is 38.3 Å². The molecule has 0 heterocycles. The van der Waals surface area contributed by atoms with Crippen molar-refractivity contribution in [1.82, 2.24) is 0 Å². The smallest absolute Gasteiger partial charge is 0.124 e. The van der Waals surface area contributed by atoms with Gasteiger partial charge in [0.2, 0.25) is 0 Å². The van der Waals surface area contributed by atoms with Crippen LogP contribution in [-0.4, -0.2) is 23.4 Å². The summed E-state index contributed by atoms with van der Waals surface area (Å²) in [7, 11) is 1.53. The van der Waals surface area contributed by atoms with Crippen LogP contribution in [0.4, 0.5) is 0 Å². The number of phenols is 1. The summed E-state index contributed by atoms with van der Waals surface area (Å²) >= 11 is 0. The summed E-state index contributed by atoms with van der Waals surface area (Å²) in [5.74, 6) is 0.633. The number of methoxy groups -OCH3 is 1. The van der Waals surface area contributed by atoms with Crippen molar-refractivity contribution in [3.63, 3.8) is 0 Å². The van der Waals surface area contributed by atoms with Crippen LogP contribution in [0, 0.1) is 0 Å². The number of aliphatic hydroxyl groups is 1. The molecule has 0 bridgehead atoms. The van der Waals surface area contributed by atoms with E-state index in [0.717, 1.165) is 12.8 Å². The largest absolute Gasteiger partial charge is 0.507 e. The van der Waals surface area contributed by atoms with Crippen LogP contribution in [0.3, 0.4) is 0 Å². The number of halogens is 1. The number of benzene rings is 1. The summed E-state index contributed by atoms with van der Waals surface area (Å²) in [6, 6.07) is 4.35. The molecule has 0 amide bonds. The van der Waals surface area contributed by atoms with E-state index in [1.165, 1.54) is 13.2 Å². The Hall–Kier alpha value is -0.970. The first-order valence-electron chi connectivity index (χ1n) is 5.90. The fraction of sp³-hybridized carbons (Fsp3) is 0.538. The zero-order chi connectivity index (χ0) is 12.8. The number of nitrogens with two attached hydrogens (primary N) is 1. The summed E-state index contributed by atoms with van der Waals surface area (Å²) in [6.07, 6.45) is 1.95. The van der Waals surface area contributed by atoms with Gasteiger partial charge in [0.25, 0.3) is 0 Å². The number of ether oxygens (including phenoxy) is 1. The number of aromatic hydroxyl groups is 1. The Morgan fingerprint density at radius 3 is 2.56 bits per heavy atom. The Labute approximate surface area is 114 Å². The highest BCUT2D eigenvalue weighted by Crippen LogP contribution is 2.29. The highest BCUT2D eigenvalue weighted by molar-refractivity contribution is 5.85. The topological polar surface area (TPSA) is 75.7 Å². The molecule has 1 aromatic carbocycles. The zero-order valence-corrected chi connectivity index (χ0v) is 11.6. The van der Waals surface area contributed by atoms with E-state index in [1.54, 1.807) is 12.1 Å². The average molecular weight is 276 g/mol. The molecule has 0 aromatic heterocycles. The number of rotatable bonds is 6. The molecule has 0 fully saturated rings. The van der Waals surface area contributed by atoms with Gasteiger partial charge >= 0.3 is 0 Å².